The maximum Gasteiger partial charge on any atom is 0.0443 e. The smallest absolute Gasteiger partial charge is 0.0443 e. The highest BCUT2D eigenvalue weighted by Gasteiger charge is 2.24. The minimum Gasteiger partial charge on any atom is -0.396 e. The molecule has 0 aromatic carbocycles. The van der Waals surface area contributed by atoms with Crippen molar-refractivity contribution in [1.29, 1.82) is 0 Å². The van der Waals surface area contributed by atoms with Crippen LogP contribution >= 0.6 is 0 Å². The average molecular weight is 200 g/mol. The predicted molar refractivity (Wildman–Crippen MR) is 59.4 cm³/mol. The zero-order valence-corrected chi connectivity index (χ0v) is 9.50. The molecule has 1 saturated heterocycles. The molecule has 0 radical (unpaired) electrons. The van der Waals surface area contributed by atoms with Gasteiger partial charge < -0.3 is 15.3 Å². The Morgan fingerprint density at radius 3 is 2.86 bits per heavy atom. The summed E-state index contributed by atoms with van der Waals surface area (Å²) >= 11 is 0. The van der Waals surface area contributed by atoms with Crippen LogP contribution < -0.4 is 5.32 Å². The Balaban J connectivity index is 2.20. The van der Waals surface area contributed by atoms with E-state index in [4.69, 9.17) is 5.11 Å². The van der Waals surface area contributed by atoms with E-state index in [1.54, 1.807) is 0 Å². The van der Waals surface area contributed by atoms with Crippen LogP contribution in [0.4, 0.5) is 0 Å². The lowest BCUT2D eigenvalue weighted by atomic mass is 9.94. The molecule has 1 aliphatic rings. The summed E-state index contributed by atoms with van der Waals surface area (Å²) < 4.78 is 0. The van der Waals surface area contributed by atoms with E-state index in [1.807, 2.05) is 0 Å². The molecule has 0 aliphatic carbocycles. The van der Waals surface area contributed by atoms with Crippen molar-refractivity contribution >= 4 is 0 Å². The lowest BCUT2D eigenvalue weighted by molar-refractivity contribution is 0.152. The van der Waals surface area contributed by atoms with Gasteiger partial charge in [0.1, 0.15) is 0 Å². The van der Waals surface area contributed by atoms with Crippen LogP contribution in [0.15, 0.2) is 0 Å². The van der Waals surface area contributed by atoms with E-state index in [9.17, 15) is 0 Å². The molecule has 3 nitrogen and oxygen atoms in total. The summed E-state index contributed by atoms with van der Waals surface area (Å²) in [4.78, 5) is 2.51. The number of hydrogen-bond donors (Lipinski definition) is 2. The molecule has 1 fully saturated rings. The molecule has 0 bridgehead atoms. The van der Waals surface area contributed by atoms with E-state index >= 15 is 0 Å². The third-order valence-electron chi connectivity index (χ3n) is 3.18. The fourth-order valence-corrected chi connectivity index (χ4v) is 2.19. The normalized spacial score (nSPS) is 29.4. The molecule has 1 heterocycles. The monoisotopic (exact) mass is 200 g/mol. The van der Waals surface area contributed by atoms with Crippen molar-refractivity contribution in [3.8, 4) is 0 Å². The highest BCUT2D eigenvalue weighted by Crippen LogP contribution is 2.16. The summed E-state index contributed by atoms with van der Waals surface area (Å²) in [5.74, 6) is 0.738. The number of likely N-dealkylation sites (tertiary alicyclic amines) is 1. The zero-order valence-electron chi connectivity index (χ0n) is 9.50. The van der Waals surface area contributed by atoms with Crippen molar-refractivity contribution in [3.63, 3.8) is 0 Å². The summed E-state index contributed by atoms with van der Waals surface area (Å²) in [5.41, 5.74) is 0. The third kappa shape index (κ3) is 3.56. The minimum atomic E-state index is 0.301. The molecule has 3 heteroatoms. The molecule has 0 aromatic heterocycles. The molecule has 0 amide bonds. The maximum absolute atomic E-state index is 8.69. The van der Waals surface area contributed by atoms with Gasteiger partial charge in [-0.2, -0.15) is 0 Å². The van der Waals surface area contributed by atoms with Crippen LogP contribution in [0.2, 0.25) is 0 Å². The Hall–Kier alpha value is -0.120. The van der Waals surface area contributed by atoms with E-state index in [2.05, 4.69) is 24.1 Å². The van der Waals surface area contributed by atoms with E-state index in [-0.39, 0.29) is 0 Å². The SMILES string of the molecule is CCN1CCC(NCCCO)C(C)C1. The molecule has 14 heavy (non-hydrogen) atoms. The number of hydrogen-bond acceptors (Lipinski definition) is 3. The summed E-state index contributed by atoms with van der Waals surface area (Å²) in [5, 5.41) is 12.2. The quantitative estimate of drug-likeness (QED) is 0.641. The van der Waals surface area contributed by atoms with Gasteiger partial charge in [-0.25, -0.2) is 0 Å². The van der Waals surface area contributed by atoms with Crippen molar-refractivity contribution in [2.24, 2.45) is 5.92 Å². The lowest BCUT2D eigenvalue weighted by Crippen LogP contribution is -2.48. The van der Waals surface area contributed by atoms with Crippen molar-refractivity contribution in [1.82, 2.24) is 10.2 Å². The predicted octanol–water partition coefficient (Wildman–Crippen LogP) is 0.689. The maximum atomic E-state index is 8.69. The van der Waals surface area contributed by atoms with E-state index in [1.165, 1.54) is 26.1 Å². The fraction of sp³-hybridized carbons (Fsp3) is 1.00. The van der Waals surface area contributed by atoms with E-state index in [0.717, 1.165) is 18.9 Å². The van der Waals surface area contributed by atoms with Crippen LogP contribution in [0.1, 0.15) is 26.7 Å². The summed E-state index contributed by atoms with van der Waals surface area (Å²) in [6.07, 6.45) is 2.13. The largest absolute Gasteiger partial charge is 0.396 e. The van der Waals surface area contributed by atoms with Gasteiger partial charge in [0.15, 0.2) is 0 Å². The first-order valence-corrected chi connectivity index (χ1v) is 5.84. The van der Waals surface area contributed by atoms with Crippen LogP contribution in [0, 0.1) is 5.92 Å². The summed E-state index contributed by atoms with van der Waals surface area (Å²) in [6.45, 7) is 9.41. The molecule has 2 N–H and O–H groups in total. The van der Waals surface area contributed by atoms with E-state index in [0.29, 0.717) is 12.6 Å². The topological polar surface area (TPSA) is 35.5 Å². The number of aliphatic hydroxyl groups excluding tert-OH is 1. The van der Waals surface area contributed by atoms with Crippen LogP contribution in [-0.4, -0.2) is 48.8 Å². The van der Waals surface area contributed by atoms with Crippen molar-refractivity contribution < 1.29 is 5.11 Å². The molecule has 2 atom stereocenters. The van der Waals surface area contributed by atoms with Crippen molar-refractivity contribution in [3.05, 3.63) is 0 Å². The number of nitrogens with one attached hydrogen (secondary N) is 1. The molecule has 0 saturated carbocycles. The van der Waals surface area contributed by atoms with Gasteiger partial charge in [-0.05, 0) is 38.4 Å². The molecular weight excluding hydrogens is 176 g/mol. The first kappa shape index (κ1) is 12.0. The van der Waals surface area contributed by atoms with Gasteiger partial charge in [-0.1, -0.05) is 13.8 Å². The van der Waals surface area contributed by atoms with Gasteiger partial charge in [-0.3, -0.25) is 0 Å². The molecule has 2 unspecified atom stereocenters. The minimum absolute atomic E-state index is 0.301. The van der Waals surface area contributed by atoms with Crippen LogP contribution in [-0.2, 0) is 0 Å². The second-order valence-electron chi connectivity index (χ2n) is 4.30. The van der Waals surface area contributed by atoms with Crippen LogP contribution in [0.5, 0.6) is 0 Å². The second-order valence-corrected chi connectivity index (χ2v) is 4.30. The fourth-order valence-electron chi connectivity index (χ4n) is 2.19. The Labute approximate surface area is 87.5 Å². The number of piperidine rings is 1. The molecule has 0 spiro atoms. The Bertz CT molecular complexity index is 150. The highest BCUT2D eigenvalue weighted by molar-refractivity contribution is 4.82. The number of nitrogens with zero attached hydrogens (tertiary/aromatic N) is 1. The van der Waals surface area contributed by atoms with E-state index < -0.39 is 0 Å². The number of aliphatic hydroxyl groups is 1. The van der Waals surface area contributed by atoms with Crippen molar-refractivity contribution in [2.45, 2.75) is 32.7 Å². The molecule has 1 aliphatic heterocycles. The Morgan fingerprint density at radius 2 is 2.29 bits per heavy atom. The average Bonchev–Trinajstić information content (AvgIpc) is 2.20. The molecule has 84 valence electrons. The molecule has 0 aromatic rings. The summed E-state index contributed by atoms with van der Waals surface area (Å²) in [7, 11) is 0. The second kappa shape index (κ2) is 6.38. The highest BCUT2D eigenvalue weighted by atomic mass is 16.3. The molecular formula is C11H24N2O. The van der Waals surface area contributed by atoms with Crippen LogP contribution in [0.3, 0.4) is 0 Å². The molecule has 1 rings (SSSR count). The summed E-state index contributed by atoms with van der Waals surface area (Å²) in [6, 6.07) is 0.657. The van der Waals surface area contributed by atoms with Gasteiger partial charge in [0.05, 0.1) is 0 Å². The Morgan fingerprint density at radius 1 is 1.50 bits per heavy atom. The van der Waals surface area contributed by atoms with Gasteiger partial charge in [-0.15, -0.1) is 0 Å². The zero-order chi connectivity index (χ0) is 10.4. The lowest BCUT2D eigenvalue weighted by Gasteiger charge is -2.36. The Kier molecular flexibility index (Phi) is 5.45. The first-order chi connectivity index (χ1) is 6.77. The van der Waals surface area contributed by atoms with Gasteiger partial charge in [0.2, 0.25) is 0 Å². The van der Waals surface area contributed by atoms with Gasteiger partial charge in [0, 0.05) is 19.2 Å². The van der Waals surface area contributed by atoms with Crippen molar-refractivity contribution in [2.75, 3.05) is 32.8 Å². The third-order valence-corrected chi connectivity index (χ3v) is 3.18. The number of rotatable bonds is 5. The first-order valence-electron chi connectivity index (χ1n) is 5.84. The van der Waals surface area contributed by atoms with Crippen LogP contribution in [0.25, 0.3) is 0 Å². The standard InChI is InChI=1S/C11H24N2O/c1-3-13-7-5-11(10(2)9-13)12-6-4-8-14/h10-12,14H,3-9H2,1-2H3. The van der Waals surface area contributed by atoms with Gasteiger partial charge >= 0.3 is 0 Å². The van der Waals surface area contributed by atoms with Gasteiger partial charge in [0.25, 0.3) is 0 Å².